The van der Waals surface area contributed by atoms with Crippen LogP contribution in [0.2, 0.25) is 0 Å². The maximum atomic E-state index is 13.2. The molecule has 0 aliphatic rings. The Morgan fingerprint density at radius 1 is 1.00 bits per heavy atom. The third kappa shape index (κ3) is 6.08. The van der Waals surface area contributed by atoms with E-state index in [9.17, 15) is 18.0 Å². The lowest BCUT2D eigenvalue weighted by Crippen LogP contribution is -2.23. The standard InChI is InChI=1S/C28H32F3NO3/c1-16(10-24(33)34)17-8-9-23-19(11-17)21(14-32-23)20-12-18(26(2,3)4)13-22(27(5,6)7)25(20)35-15-28(29,30)31/h8-14,32H,15H2,1-7H3,(H,33,34). The van der Waals surface area contributed by atoms with E-state index in [1.54, 1.807) is 13.1 Å². The molecular weight excluding hydrogens is 455 g/mol. The summed E-state index contributed by atoms with van der Waals surface area (Å²) >= 11 is 0. The molecule has 3 aromatic rings. The van der Waals surface area contributed by atoms with Crippen LogP contribution in [-0.4, -0.2) is 28.8 Å². The fourth-order valence-corrected chi connectivity index (χ4v) is 3.99. The van der Waals surface area contributed by atoms with Crippen molar-refractivity contribution in [2.45, 2.75) is 65.5 Å². The van der Waals surface area contributed by atoms with Gasteiger partial charge in [-0.2, -0.15) is 13.2 Å². The number of ether oxygens (including phenoxy) is 1. The lowest BCUT2D eigenvalue weighted by atomic mass is 9.78. The molecular formula is C28H32F3NO3. The molecule has 1 aromatic heterocycles. The van der Waals surface area contributed by atoms with Crippen LogP contribution in [0.3, 0.4) is 0 Å². The third-order valence-corrected chi connectivity index (χ3v) is 5.91. The molecule has 0 atom stereocenters. The van der Waals surface area contributed by atoms with Gasteiger partial charge >= 0.3 is 12.1 Å². The normalized spacial score (nSPS) is 13.4. The second kappa shape index (κ2) is 9.10. The molecule has 0 bridgehead atoms. The fraction of sp³-hybridized carbons (Fsp3) is 0.393. The number of alkyl halides is 3. The number of aromatic amines is 1. The van der Waals surface area contributed by atoms with Gasteiger partial charge in [0.25, 0.3) is 0 Å². The maximum absolute atomic E-state index is 13.2. The molecule has 3 rings (SSSR count). The van der Waals surface area contributed by atoms with Crippen molar-refractivity contribution in [2.75, 3.05) is 6.61 Å². The van der Waals surface area contributed by atoms with Gasteiger partial charge < -0.3 is 14.8 Å². The van der Waals surface area contributed by atoms with E-state index in [-0.39, 0.29) is 11.2 Å². The van der Waals surface area contributed by atoms with Gasteiger partial charge in [0.1, 0.15) is 5.75 Å². The monoisotopic (exact) mass is 487 g/mol. The van der Waals surface area contributed by atoms with Gasteiger partial charge in [-0.3, -0.25) is 0 Å². The van der Waals surface area contributed by atoms with Crippen molar-refractivity contribution in [3.05, 3.63) is 59.3 Å². The highest BCUT2D eigenvalue weighted by molar-refractivity contribution is 6.00. The number of halogens is 3. The molecule has 0 aliphatic carbocycles. The molecule has 0 fully saturated rings. The maximum Gasteiger partial charge on any atom is 0.422 e. The van der Waals surface area contributed by atoms with Crippen LogP contribution < -0.4 is 4.74 Å². The Balaban J connectivity index is 2.36. The number of hydrogen-bond donors (Lipinski definition) is 2. The van der Waals surface area contributed by atoms with Crippen LogP contribution in [0, 0.1) is 0 Å². The van der Waals surface area contributed by atoms with E-state index in [1.807, 2.05) is 51.1 Å². The number of nitrogens with one attached hydrogen (secondary N) is 1. The van der Waals surface area contributed by atoms with E-state index >= 15 is 0 Å². The summed E-state index contributed by atoms with van der Waals surface area (Å²) in [7, 11) is 0. The number of aromatic nitrogens is 1. The van der Waals surface area contributed by atoms with Gasteiger partial charge in [-0.1, -0.05) is 53.7 Å². The summed E-state index contributed by atoms with van der Waals surface area (Å²) in [4.78, 5) is 14.4. The van der Waals surface area contributed by atoms with E-state index in [0.717, 1.165) is 22.5 Å². The molecule has 188 valence electrons. The number of carboxylic acids is 1. The summed E-state index contributed by atoms with van der Waals surface area (Å²) in [5, 5.41) is 9.90. The quantitative estimate of drug-likeness (QED) is 0.360. The summed E-state index contributed by atoms with van der Waals surface area (Å²) in [6.45, 7) is 12.3. The molecule has 4 nitrogen and oxygen atoms in total. The van der Waals surface area contributed by atoms with Crippen molar-refractivity contribution >= 4 is 22.4 Å². The van der Waals surface area contributed by atoms with Crippen LogP contribution >= 0.6 is 0 Å². The van der Waals surface area contributed by atoms with Crippen LogP contribution in [0.4, 0.5) is 13.2 Å². The Labute approximate surface area is 203 Å². The van der Waals surface area contributed by atoms with Crippen LogP contribution in [0.1, 0.15) is 65.2 Å². The van der Waals surface area contributed by atoms with Crippen molar-refractivity contribution in [2.24, 2.45) is 0 Å². The van der Waals surface area contributed by atoms with Gasteiger partial charge in [-0.15, -0.1) is 0 Å². The Morgan fingerprint density at radius 3 is 2.20 bits per heavy atom. The zero-order valence-electron chi connectivity index (χ0n) is 21.1. The Kier molecular flexibility index (Phi) is 6.86. The first-order valence-corrected chi connectivity index (χ1v) is 11.4. The Bertz CT molecular complexity index is 1290. The van der Waals surface area contributed by atoms with Crippen molar-refractivity contribution < 1.29 is 27.8 Å². The zero-order valence-corrected chi connectivity index (χ0v) is 21.1. The molecule has 2 aromatic carbocycles. The van der Waals surface area contributed by atoms with Gasteiger partial charge in [0, 0.05) is 39.9 Å². The molecule has 7 heteroatoms. The number of aliphatic carboxylic acids is 1. The fourth-order valence-electron chi connectivity index (χ4n) is 3.99. The number of rotatable bonds is 5. The zero-order chi connectivity index (χ0) is 26.3. The molecule has 0 radical (unpaired) electrons. The molecule has 35 heavy (non-hydrogen) atoms. The molecule has 0 spiro atoms. The van der Waals surface area contributed by atoms with Crippen LogP contribution in [0.15, 0.2) is 42.6 Å². The van der Waals surface area contributed by atoms with Crippen molar-refractivity contribution in [3.8, 4) is 16.9 Å². The first-order chi connectivity index (χ1) is 16.0. The summed E-state index contributed by atoms with van der Waals surface area (Å²) < 4.78 is 45.2. The molecule has 1 heterocycles. The number of benzene rings is 2. The second-order valence-electron chi connectivity index (χ2n) is 10.9. The highest BCUT2D eigenvalue weighted by Gasteiger charge is 2.32. The average Bonchev–Trinajstić information content (AvgIpc) is 3.12. The van der Waals surface area contributed by atoms with Crippen LogP contribution in [0.25, 0.3) is 27.6 Å². The first kappa shape index (κ1) is 26.4. The Hall–Kier alpha value is -3.22. The number of H-pyrrole nitrogens is 1. The number of allylic oxidation sites excluding steroid dienone is 1. The SMILES string of the molecule is CC(=CC(=O)O)c1ccc2[nH]cc(-c3cc(C(C)(C)C)cc(C(C)(C)C)c3OCC(F)(F)F)c2c1. The minimum absolute atomic E-state index is 0.201. The van der Waals surface area contributed by atoms with Crippen molar-refractivity contribution in [1.29, 1.82) is 0 Å². The smallest absolute Gasteiger partial charge is 0.422 e. The highest BCUT2D eigenvalue weighted by atomic mass is 19.4. The van der Waals surface area contributed by atoms with E-state index in [1.165, 1.54) is 0 Å². The molecule has 2 N–H and O–H groups in total. The number of fused-ring (bicyclic) bond motifs is 1. The highest BCUT2D eigenvalue weighted by Crippen LogP contribution is 2.45. The van der Waals surface area contributed by atoms with Gasteiger partial charge in [-0.25, -0.2) is 4.79 Å². The van der Waals surface area contributed by atoms with Gasteiger partial charge in [0.2, 0.25) is 0 Å². The van der Waals surface area contributed by atoms with E-state index in [0.29, 0.717) is 27.8 Å². The first-order valence-electron chi connectivity index (χ1n) is 11.4. The minimum atomic E-state index is -4.48. The topological polar surface area (TPSA) is 62.3 Å². The van der Waals surface area contributed by atoms with Crippen LogP contribution in [-0.2, 0) is 15.6 Å². The third-order valence-electron chi connectivity index (χ3n) is 5.91. The summed E-state index contributed by atoms with van der Waals surface area (Å²) in [5.74, 6) is -0.848. The number of carbonyl (C=O) groups is 1. The largest absolute Gasteiger partial charge is 0.483 e. The predicted octanol–water partition coefficient (Wildman–Crippen LogP) is 7.86. The molecule has 0 amide bonds. The Morgan fingerprint density at radius 2 is 1.66 bits per heavy atom. The number of hydrogen-bond acceptors (Lipinski definition) is 2. The summed E-state index contributed by atoms with van der Waals surface area (Å²) in [5.41, 5.74) is 4.26. The average molecular weight is 488 g/mol. The predicted molar refractivity (Wildman–Crippen MR) is 134 cm³/mol. The van der Waals surface area contributed by atoms with Crippen molar-refractivity contribution in [1.82, 2.24) is 4.98 Å². The van der Waals surface area contributed by atoms with Gasteiger partial charge in [-0.05, 0) is 52.7 Å². The van der Waals surface area contributed by atoms with E-state index in [4.69, 9.17) is 9.84 Å². The molecule has 0 aliphatic heterocycles. The van der Waals surface area contributed by atoms with Crippen molar-refractivity contribution in [3.63, 3.8) is 0 Å². The van der Waals surface area contributed by atoms with Crippen LogP contribution in [0.5, 0.6) is 5.75 Å². The van der Waals surface area contributed by atoms with E-state index in [2.05, 4.69) is 25.8 Å². The number of carboxylic acid groups (broad SMARTS) is 1. The van der Waals surface area contributed by atoms with Gasteiger partial charge in [0.15, 0.2) is 6.61 Å². The molecule has 0 unspecified atom stereocenters. The lowest BCUT2D eigenvalue weighted by molar-refractivity contribution is -0.153. The minimum Gasteiger partial charge on any atom is -0.483 e. The lowest BCUT2D eigenvalue weighted by Gasteiger charge is -2.29. The molecule has 0 saturated carbocycles. The summed E-state index contributed by atoms with van der Waals surface area (Å²) in [6, 6.07) is 9.34. The van der Waals surface area contributed by atoms with E-state index < -0.39 is 24.2 Å². The van der Waals surface area contributed by atoms with Gasteiger partial charge in [0.05, 0.1) is 0 Å². The second-order valence-corrected chi connectivity index (χ2v) is 10.9. The summed E-state index contributed by atoms with van der Waals surface area (Å²) in [6.07, 6.45) is -1.59. The molecule has 0 saturated heterocycles.